The maximum Gasteiger partial charge on any atom is 0.223 e. The van der Waals surface area contributed by atoms with Crippen LogP contribution < -0.4 is 5.73 Å². The van der Waals surface area contributed by atoms with Crippen molar-refractivity contribution in [3.63, 3.8) is 0 Å². The molecule has 2 amide bonds. The van der Waals surface area contributed by atoms with E-state index >= 15 is 0 Å². The molecule has 2 N–H and O–H groups in total. The van der Waals surface area contributed by atoms with Gasteiger partial charge in [0.25, 0.3) is 0 Å². The molecule has 1 aliphatic heterocycles. The molecule has 102 valence electrons. The number of rotatable bonds is 3. The van der Waals surface area contributed by atoms with E-state index in [0.717, 1.165) is 16.5 Å². The third-order valence-electron chi connectivity index (χ3n) is 3.72. The maximum absolute atomic E-state index is 11.9. The van der Waals surface area contributed by atoms with E-state index in [4.69, 9.17) is 5.73 Å². The average Bonchev–Trinajstić information content (AvgIpc) is 2.81. The van der Waals surface area contributed by atoms with Crippen molar-refractivity contribution in [3.8, 4) is 0 Å². The van der Waals surface area contributed by atoms with Gasteiger partial charge in [-0.25, -0.2) is 0 Å². The fourth-order valence-electron chi connectivity index (χ4n) is 2.61. The first kappa shape index (κ1) is 12.6. The van der Waals surface area contributed by atoms with Gasteiger partial charge in [0, 0.05) is 31.1 Å². The molecule has 1 aliphatic rings. The Labute approximate surface area is 116 Å². The fourth-order valence-corrected chi connectivity index (χ4v) is 2.61. The van der Waals surface area contributed by atoms with Crippen LogP contribution in [0.15, 0.2) is 36.5 Å². The summed E-state index contributed by atoms with van der Waals surface area (Å²) < 4.78 is 0. The molecule has 1 fully saturated rings. The lowest BCUT2D eigenvalue weighted by Gasteiger charge is -2.17. The molecule has 2 aromatic rings. The molecule has 1 unspecified atom stereocenters. The third kappa shape index (κ3) is 2.22. The van der Waals surface area contributed by atoms with Crippen molar-refractivity contribution >= 4 is 22.7 Å². The van der Waals surface area contributed by atoms with Crippen molar-refractivity contribution in [2.75, 3.05) is 6.54 Å². The molecule has 5 heteroatoms. The number of hydrogen-bond acceptors (Lipinski definition) is 3. The van der Waals surface area contributed by atoms with Crippen LogP contribution in [0.3, 0.4) is 0 Å². The Hall–Kier alpha value is -2.43. The smallest absolute Gasteiger partial charge is 0.223 e. The van der Waals surface area contributed by atoms with Crippen molar-refractivity contribution in [1.29, 1.82) is 0 Å². The summed E-state index contributed by atoms with van der Waals surface area (Å²) in [5.74, 6) is -0.786. The molecule has 1 saturated heterocycles. The van der Waals surface area contributed by atoms with E-state index in [9.17, 15) is 9.59 Å². The first-order valence-corrected chi connectivity index (χ1v) is 6.55. The monoisotopic (exact) mass is 269 g/mol. The predicted octanol–water partition coefficient (Wildman–Crippen LogP) is 1.07. The number of para-hydroxylation sites is 1. The molecule has 1 aromatic carbocycles. The highest BCUT2D eigenvalue weighted by molar-refractivity contribution is 5.89. The number of carbonyl (C=O) groups is 2. The van der Waals surface area contributed by atoms with E-state index in [2.05, 4.69) is 4.98 Å². The topological polar surface area (TPSA) is 76.3 Å². The van der Waals surface area contributed by atoms with Crippen LogP contribution in [0, 0.1) is 5.92 Å². The van der Waals surface area contributed by atoms with Crippen LogP contribution >= 0.6 is 0 Å². The van der Waals surface area contributed by atoms with Crippen molar-refractivity contribution in [2.45, 2.75) is 13.0 Å². The van der Waals surface area contributed by atoms with E-state index < -0.39 is 5.91 Å². The molecule has 0 aliphatic carbocycles. The van der Waals surface area contributed by atoms with Gasteiger partial charge in [0.2, 0.25) is 11.8 Å². The highest BCUT2D eigenvalue weighted by Gasteiger charge is 2.33. The Morgan fingerprint density at radius 3 is 2.90 bits per heavy atom. The number of aromatic nitrogens is 1. The number of pyridine rings is 1. The van der Waals surface area contributed by atoms with Crippen molar-refractivity contribution in [1.82, 2.24) is 9.88 Å². The number of likely N-dealkylation sites (tertiary alicyclic amines) is 1. The summed E-state index contributed by atoms with van der Waals surface area (Å²) in [4.78, 5) is 29.1. The maximum atomic E-state index is 11.9. The highest BCUT2D eigenvalue weighted by Crippen LogP contribution is 2.23. The average molecular weight is 269 g/mol. The lowest BCUT2D eigenvalue weighted by molar-refractivity contribution is -0.128. The van der Waals surface area contributed by atoms with Crippen molar-refractivity contribution < 1.29 is 9.59 Å². The number of benzene rings is 1. The molecule has 3 rings (SSSR count). The normalized spacial score (nSPS) is 18.7. The number of fused-ring (bicyclic) bond motifs is 1. The Morgan fingerprint density at radius 1 is 1.35 bits per heavy atom. The second-order valence-corrected chi connectivity index (χ2v) is 5.06. The van der Waals surface area contributed by atoms with Gasteiger partial charge in [-0.15, -0.1) is 0 Å². The summed E-state index contributed by atoms with van der Waals surface area (Å²) in [6.07, 6.45) is 1.96. The molecule has 1 aromatic heterocycles. The van der Waals surface area contributed by atoms with E-state index in [-0.39, 0.29) is 18.2 Å². The van der Waals surface area contributed by atoms with Gasteiger partial charge >= 0.3 is 0 Å². The summed E-state index contributed by atoms with van der Waals surface area (Å²) in [5, 5.41) is 1.03. The molecule has 2 heterocycles. The van der Waals surface area contributed by atoms with Gasteiger partial charge in [0.05, 0.1) is 11.4 Å². The summed E-state index contributed by atoms with van der Waals surface area (Å²) in [7, 11) is 0. The number of amides is 2. The molecule has 0 spiro atoms. The minimum Gasteiger partial charge on any atom is -0.369 e. The van der Waals surface area contributed by atoms with Gasteiger partial charge in [-0.05, 0) is 17.7 Å². The molecule has 1 atom stereocenters. The van der Waals surface area contributed by atoms with Gasteiger partial charge in [-0.2, -0.15) is 0 Å². The number of nitrogens with two attached hydrogens (primary N) is 1. The number of primary amides is 1. The van der Waals surface area contributed by atoms with Crippen molar-refractivity contribution in [3.05, 3.63) is 42.1 Å². The van der Waals surface area contributed by atoms with Crippen LogP contribution in [0.5, 0.6) is 0 Å². The predicted molar refractivity (Wildman–Crippen MR) is 74.5 cm³/mol. The SMILES string of the molecule is NC(=O)C1CC(=O)N(Cc2ccnc3ccccc23)C1. The summed E-state index contributed by atoms with van der Waals surface area (Å²) in [6.45, 7) is 0.899. The molecule has 0 radical (unpaired) electrons. The summed E-state index contributed by atoms with van der Waals surface area (Å²) in [5.41, 5.74) is 7.22. The Bertz CT molecular complexity index is 678. The molecular formula is C15H15N3O2. The molecule has 0 saturated carbocycles. The Kier molecular flexibility index (Phi) is 3.10. The van der Waals surface area contributed by atoms with Gasteiger partial charge < -0.3 is 10.6 Å². The largest absolute Gasteiger partial charge is 0.369 e. The van der Waals surface area contributed by atoms with Crippen LogP contribution in [0.2, 0.25) is 0 Å². The van der Waals surface area contributed by atoms with Gasteiger partial charge in [-0.1, -0.05) is 18.2 Å². The van der Waals surface area contributed by atoms with E-state index in [0.29, 0.717) is 13.1 Å². The lowest BCUT2D eigenvalue weighted by atomic mass is 10.1. The zero-order valence-corrected chi connectivity index (χ0v) is 11.0. The van der Waals surface area contributed by atoms with Crippen molar-refractivity contribution in [2.24, 2.45) is 11.7 Å². The minimum atomic E-state index is -0.402. The van der Waals surface area contributed by atoms with Gasteiger partial charge in [-0.3, -0.25) is 14.6 Å². The lowest BCUT2D eigenvalue weighted by Crippen LogP contribution is -2.28. The minimum absolute atomic E-state index is 0.0188. The molecular weight excluding hydrogens is 254 g/mol. The van der Waals surface area contributed by atoms with Crippen LogP contribution in [0.25, 0.3) is 10.9 Å². The highest BCUT2D eigenvalue weighted by atomic mass is 16.2. The number of hydrogen-bond donors (Lipinski definition) is 1. The van der Waals surface area contributed by atoms with Crippen LogP contribution in [-0.4, -0.2) is 28.2 Å². The number of nitrogens with zero attached hydrogens (tertiary/aromatic N) is 2. The Morgan fingerprint density at radius 2 is 2.15 bits per heavy atom. The second-order valence-electron chi connectivity index (χ2n) is 5.06. The number of carbonyl (C=O) groups excluding carboxylic acids is 2. The first-order chi connectivity index (χ1) is 9.65. The van der Waals surface area contributed by atoms with Crippen LogP contribution in [0.1, 0.15) is 12.0 Å². The molecule has 20 heavy (non-hydrogen) atoms. The zero-order chi connectivity index (χ0) is 14.1. The third-order valence-corrected chi connectivity index (χ3v) is 3.72. The van der Waals surface area contributed by atoms with Gasteiger partial charge in [0.15, 0.2) is 0 Å². The van der Waals surface area contributed by atoms with Gasteiger partial charge in [0.1, 0.15) is 0 Å². The van der Waals surface area contributed by atoms with E-state index in [1.165, 1.54) is 0 Å². The summed E-state index contributed by atoms with van der Waals surface area (Å²) in [6, 6.07) is 9.72. The zero-order valence-electron chi connectivity index (χ0n) is 11.0. The quantitative estimate of drug-likeness (QED) is 0.905. The van der Waals surface area contributed by atoms with Crippen LogP contribution in [-0.2, 0) is 16.1 Å². The molecule has 5 nitrogen and oxygen atoms in total. The Balaban J connectivity index is 1.87. The first-order valence-electron chi connectivity index (χ1n) is 6.55. The fraction of sp³-hybridized carbons (Fsp3) is 0.267. The van der Waals surface area contributed by atoms with E-state index in [1.807, 2.05) is 30.3 Å². The second kappa shape index (κ2) is 4.92. The van der Waals surface area contributed by atoms with Crippen LogP contribution in [0.4, 0.5) is 0 Å². The summed E-state index contributed by atoms with van der Waals surface area (Å²) >= 11 is 0. The molecule has 0 bridgehead atoms. The standard InChI is InChI=1S/C15H15N3O2/c16-15(20)11-7-14(19)18(9-11)8-10-5-6-17-13-4-2-1-3-12(10)13/h1-6,11H,7-9H2,(H2,16,20). The van der Waals surface area contributed by atoms with E-state index in [1.54, 1.807) is 11.1 Å².